The zero-order valence-electron chi connectivity index (χ0n) is 11.9. The maximum Gasteiger partial charge on any atom is 0.241 e. The minimum atomic E-state index is -1.29. The van der Waals surface area contributed by atoms with Gasteiger partial charge in [-0.2, -0.15) is 0 Å². The van der Waals surface area contributed by atoms with Crippen LogP contribution in [0.15, 0.2) is 48.5 Å². The molecule has 1 atom stereocenters. The van der Waals surface area contributed by atoms with E-state index in [1.165, 1.54) is 12.1 Å². The van der Waals surface area contributed by atoms with E-state index in [9.17, 15) is 14.3 Å². The van der Waals surface area contributed by atoms with Gasteiger partial charge in [0, 0.05) is 6.07 Å². The largest absolute Gasteiger partial charge is 0.385 e. The molecule has 1 amide bonds. The van der Waals surface area contributed by atoms with Crippen LogP contribution in [0.25, 0.3) is 0 Å². The number of aliphatic hydroxyl groups is 1. The van der Waals surface area contributed by atoms with Gasteiger partial charge in [0.2, 0.25) is 5.91 Å². The van der Waals surface area contributed by atoms with Crippen LogP contribution in [0.3, 0.4) is 0 Å². The Bertz CT molecular complexity index is 662. The van der Waals surface area contributed by atoms with Crippen molar-refractivity contribution in [3.05, 3.63) is 64.9 Å². The Kier molecular flexibility index (Phi) is 5.00. The van der Waals surface area contributed by atoms with Crippen LogP contribution in [-0.4, -0.2) is 11.0 Å². The fourth-order valence-electron chi connectivity index (χ4n) is 1.97. The topological polar surface area (TPSA) is 61.4 Å². The lowest BCUT2D eigenvalue weighted by molar-refractivity contribution is -0.125. The molecule has 0 saturated carbocycles. The van der Waals surface area contributed by atoms with Gasteiger partial charge in [0.25, 0.3) is 0 Å². The van der Waals surface area contributed by atoms with E-state index in [1.807, 2.05) is 6.07 Å². The number of anilines is 1. The minimum absolute atomic E-state index is 0.00360. The molecule has 0 heterocycles. The molecule has 2 aromatic carbocycles. The molecule has 0 saturated heterocycles. The molecular weight excluding hydrogens is 307 g/mol. The summed E-state index contributed by atoms with van der Waals surface area (Å²) in [5, 5.41) is 10.4. The summed E-state index contributed by atoms with van der Waals surface area (Å²) < 4.78 is 13.3. The molecule has 6 heteroatoms. The normalized spacial score (nSPS) is 13.3. The second-order valence-electron chi connectivity index (χ2n) is 5.12. The van der Waals surface area contributed by atoms with Crippen LogP contribution in [0.5, 0.6) is 0 Å². The molecule has 2 aromatic rings. The molecule has 4 nitrogen and oxygen atoms in total. The van der Waals surface area contributed by atoms with E-state index >= 15 is 0 Å². The summed E-state index contributed by atoms with van der Waals surface area (Å²) in [6.07, 6.45) is -0.139. The second-order valence-corrected chi connectivity index (χ2v) is 5.53. The highest BCUT2D eigenvalue weighted by Gasteiger charge is 2.26. The van der Waals surface area contributed by atoms with E-state index in [4.69, 9.17) is 11.6 Å². The van der Waals surface area contributed by atoms with Gasteiger partial charge in [-0.05, 0) is 24.6 Å². The maximum absolute atomic E-state index is 13.3. The minimum Gasteiger partial charge on any atom is -0.385 e. The zero-order chi connectivity index (χ0) is 16.2. The van der Waals surface area contributed by atoms with Gasteiger partial charge in [0.15, 0.2) is 0 Å². The highest BCUT2D eigenvalue weighted by Crippen LogP contribution is 2.24. The number of hydrazine groups is 1. The average molecular weight is 323 g/mol. The summed E-state index contributed by atoms with van der Waals surface area (Å²) in [7, 11) is 0. The van der Waals surface area contributed by atoms with Gasteiger partial charge < -0.3 is 5.11 Å². The lowest BCUT2D eigenvalue weighted by Crippen LogP contribution is -2.35. The Labute approximate surface area is 132 Å². The first-order valence-corrected chi connectivity index (χ1v) is 7.04. The van der Waals surface area contributed by atoms with E-state index in [0.29, 0.717) is 11.3 Å². The summed E-state index contributed by atoms with van der Waals surface area (Å²) in [6.45, 7) is 1.56. The molecule has 1 unspecified atom stereocenters. The van der Waals surface area contributed by atoms with Crippen molar-refractivity contribution in [3.63, 3.8) is 0 Å². The molecule has 0 fully saturated rings. The van der Waals surface area contributed by atoms with Crippen molar-refractivity contribution in [3.8, 4) is 0 Å². The van der Waals surface area contributed by atoms with E-state index in [0.717, 1.165) is 6.07 Å². The molecule has 0 bridgehead atoms. The van der Waals surface area contributed by atoms with Gasteiger partial charge in [-0.1, -0.05) is 41.9 Å². The Balaban J connectivity index is 1.94. The van der Waals surface area contributed by atoms with E-state index in [1.54, 1.807) is 31.2 Å². The van der Waals surface area contributed by atoms with Gasteiger partial charge in [-0.25, -0.2) is 4.39 Å². The number of carbonyl (C=O) groups is 1. The Morgan fingerprint density at radius 1 is 1.27 bits per heavy atom. The molecule has 0 aliphatic carbocycles. The number of rotatable bonds is 5. The fourth-order valence-corrected chi connectivity index (χ4v) is 2.09. The molecule has 0 aliphatic rings. The van der Waals surface area contributed by atoms with Gasteiger partial charge >= 0.3 is 0 Å². The standard InChI is InChI=1S/C16H16ClFN2O2/c1-16(22,11-5-3-2-4-6-11)10-15(21)20-19-12-7-8-13(17)14(18)9-12/h2-9,19,22H,10H2,1H3,(H,20,21). The van der Waals surface area contributed by atoms with E-state index in [-0.39, 0.29) is 11.4 Å². The van der Waals surface area contributed by atoms with Crippen molar-refractivity contribution in [2.24, 2.45) is 0 Å². The number of hydrogen-bond acceptors (Lipinski definition) is 3. The van der Waals surface area contributed by atoms with Crippen molar-refractivity contribution in [2.45, 2.75) is 18.9 Å². The molecule has 22 heavy (non-hydrogen) atoms. The summed E-state index contributed by atoms with van der Waals surface area (Å²) in [5.74, 6) is -1.01. The lowest BCUT2D eigenvalue weighted by atomic mass is 9.92. The van der Waals surface area contributed by atoms with Crippen molar-refractivity contribution in [1.82, 2.24) is 5.43 Å². The molecule has 116 valence electrons. The van der Waals surface area contributed by atoms with Crippen LogP contribution < -0.4 is 10.9 Å². The third-order valence-corrected chi connectivity index (χ3v) is 3.47. The van der Waals surface area contributed by atoms with Crippen LogP contribution >= 0.6 is 11.6 Å². The first-order chi connectivity index (χ1) is 10.4. The lowest BCUT2D eigenvalue weighted by Gasteiger charge is -2.23. The quantitative estimate of drug-likeness (QED) is 0.741. The maximum atomic E-state index is 13.3. The Morgan fingerprint density at radius 2 is 1.95 bits per heavy atom. The van der Waals surface area contributed by atoms with Crippen LogP contribution in [0.1, 0.15) is 18.9 Å². The third-order valence-electron chi connectivity index (χ3n) is 3.17. The molecule has 0 aliphatic heterocycles. The summed E-state index contributed by atoms with van der Waals surface area (Å²) in [5.41, 5.74) is 4.69. The van der Waals surface area contributed by atoms with E-state index < -0.39 is 17.3 Å². The second kappa shape index (κ2) is 6.77. The van der Waals surface area contributed by atoms with Crippen LogP contribution in [0, 0.1) is 5.82 Å². The van der Waals surface area contributed by atoms with Gasteiger partial charge in [-0.3, -0.25) is 15.6 Å². The van der Waals surface area contributed by atoms with Crippen LogP contribution in [-0.2, 0) is 10.4 Å². The summed E-state index contributed by atoms with van der Waals surface area (Å²) in [4.78, 5) is 11.9. The Hall–Kier alpha value is -2.11. The third kappa shape index (κ3) is 4.19. The number of halogens is 2. The average Bonchev–Trinajstić information content (AvgIpc) is 2.49. The smallest absolute Gasteiger partial charge is 0.241 e. The fraction of sp³-hybridized carbons (Fsp3) is 0.188. The predicted molar refractivity (Wildman–Crippen MR) is 83.8 cm³/mol. The number of carbonyl (C=O) groups excluding carboxylic acids is 1. The highest BCUT2D eigenvalue weighted by atomic mass is 35.5. The molecule has 2 rings (SSSR count). The van der Waals surface area contributed by atoms with Gasteiger partial charge in [0.1, 0.15) is 5.82 Å². The number of hydrogen-bond donors (Lipinski definition) is 3. The molecule has 0 aromatic heterocycles. The zero-order valence-corrected chi connectivity index (χ0v) is 12.7. The predicted octanol–water partition coefficient (Wildman–Crippen LogP) is 3.22. The number of amides is 1. The van der Waals surface area contributed by atoms with Crippen molar-refractivity contribution in [1.29, 1.82) is 0 Å². The van der Waals surface area contributed by atoms with Crippen LogP contribution in [0.4, 0.5) is 10.1 Å². The molecular formula is C16H16ClFN2O2. The van der Waals surface area contributed by atoms with Gasteiger partial charge in [-0.15, -0.1) is 0 Å². The van der Waals surface area contributed by atoms with Crippen LogP contribution in [0.2, 0.25) is 5.02 Å². The monoisotopic (exact) mass is 322 g/mol. The molecule has 3 N–H and O–H groups in total. The van der Waals surface area contributed by atoms with E-state index in [2.05, 4.69) is 10.9 Å². The SMILES string of the molecule is CC(O)(CC(=O)NNc1ccc(Cl)c(F)c1)c1ccccc1. The number of nitrogens with one attached hydrogen (secondary N) is 2. The van der Waals surface area contributed by atoms with Crippen molar-refractivity contribution >= 4 is 23.2 Å². The molecule has 0 spiro atoms. The van der Waals surface area contributed by atoms with Crippen molar-refractivity contribution in [2.75, 3.05) is 5.43 Å². The summed E-state index contributed by atoms with van der Waals surface area (Å²) >= 11 is 5.58. The number of benzene rings is 2. The summed E-state index contributed by atoms with van der Waals surface area (Å²) in [6, 6.07) is 13.0. The highest BCUT2D eigenvalue weighted by molar-refractivity contribution is 6.30. The first kappa shape index (κ1) is 16.3. The van der Waals surface area contributed by atoms with Crippen molar-refractivity contribution < 1.29 is 14.3 Å². The van der Waals surface area contributed by atoms with Gasteiger partial charge in [0.05, 0.1) is 22.7 Å². The molecule has 0 radical (unpaired) electrons. The Morgan fingerprint density at radius 3 is 2.59 bits per heavy atom. The first-order valence-electron chi connectivity index (χ1n) is 6.66.